The van der Waals surface area contributed by atoms with Crippen LogP contribution in [0.5, 0.6) is 0 Å². The van der Waals surface area contributed by atoms with Gasteiger partial charge >= 0.3 is 0 Å². The molecule has 3 saturated heterocycles. The van der Waals surface area contributed by atoms with E-state index in [-0.39, 0.29) is 54.3 Å². The lowest BCUT2D eigenvalue weighted by Crippen LogP contribution is -2.50. The molecule has 0 bridgehead atoms. The van der Waals surface area contributed by atoms with E-state index < -0.39 is 23.9 Å². The first-order valence-electron chi connectivity index (χ1n) is 15.3. The number of carbonyl (C=O) groups excluding carboxylic acids is 3. The molecule has 242 valence electrons. The predicted octanol–water partition coefficient (Wildman–Crippen LogP) is 2.62. The van der Waals surface area contributed by atoms with E-state index in [2.05, 4.69) is 23.6 Å². The van der Waals surface area contributed by atoms with Crippen molar-refractivity contribution in [1.29, 1.82) is 0 Å². The second-order valence-electron chi connectivity index (χ2n) is 12.2. The molecule has 2 amide bonds. The Morgan fingerprint density at radius 2 is 1.93 bits per heavy atom. The van der Waals surface area contributed by atoms with Gasteiger partial charge in [-0.2, -0.15) is 11.8 Å². The van der Waals surface area contributed by atoms with E-state index >= 15 is 0 Å². The molecule has 0 unspecified atom stereocenters. The summed E-state index contributed by atoms with van der Waals surface area (Å²) in [5, 5.41) is 26.1. The Bertz CT molecular complexity index is 1040. The third kappa shape index (κ3) is 11.4. The zero-order valence-electron chi connectivity index (χ0n) is 26.1. The monoisotopic (exact) mass is 622 g/mol. The molecule has 0 aliphatic carbocycles. The standard InChI is InChI=1S/C32H50N2O8S/c1-20(8-11-27-21(2)15-26(23(4)41-27)34-29(37)13-10-22(3)35)9-12-28-31(39)32(19-40-32)17-25(42-28)16-24(36)7-6-14-33-30(38)18-43-5/h8-10,12-13,21-23,25-28,31,35,39H,6-7,11,14-19H2,1-5H3,(H,33,38)(H,34,37)/b12-9+,13-10-,20-8+/t21-,22-,23+,25+,26+,27-,28+,31+,32+/m0/s1. The van der Waals surface area contributed by atoms with Crippen LogP contribution in [-0.4, -0.2) is 101 Å². The van der Waals surface area contributed by atoms with Gasteiger partial charge in [0.2, 0.25) is 11.8 Å². The minimum Gasteiger partial charge on any atom is -0.389 e. The Morgan fingerprint density at radius 1 is 1.19 bits per heavy atom. The zero-order valence-corrected chi connectivity index (χ0v) is 26.9. The van der Waals surface area contributed by atoms with Crippen molar-refractivity contribution in [2.75, 3.05) is 25.2 Å². The summed E-state index contributed by atoms with van der Waals surface area (Å²) in [6.07, 6.45) is 11.2. The van der Waals surface area contributed by atoms with E-state index in [1.807, 2.05) is 32.3 Å². The fraction of sp³-hybridized carbons (Fsp3) is 0.719. The van der Waals surface area contributed by atoms with Gasteiger partial charge in [-0.15, -0.1) is 0 Å². The molecule has 0 aromatic heterocycles. The van der Waals surface area contributed by atoms with Gasteiger partial charge in [0, 0.05) is 31.9 Å². The van der Waals surface area contributed by atoms with E-state index in [0.717, 1.165) is 12.0 Å². The number of hydrogen-bond donors (Lipinski definition) is 4. The van der Waals surface area contributed by atoms with Crippen LogP contribution in [0.15, 0.2) is 36.0 Å². The highest BCUT2D eigenvalue weighted by Gasteiger charge is 2.58. The van der Waals surface area contributed by atoms with Gasteiger partial charge in [-0.3, -0.25) is 14.4 Å². The molecule has 3 heterocycles. The number of allylic oxidation sites excluding steroid dienone is 2. The van der Waals surface area contributed by atoms with Crippen LogP contribution in [-0.2, 0) is 28.6 Å². The summed E-state index contributed by atoms with van der Waals surface area (Å²) in [6, 6.07) is -0.102. The van der Waals surface area contributed by atoms with Crippen LogP contribution in [0.25, 0.3) is 0 Å². The third-order valence-electron chi connectivity index (χ3n) is 8.26. The number of ketones is 1. The van der Waals surface area contributed by atoms with Gasteiger partial charge < -0.3 is 35.1 Å². The number of aliphatic hydroxyl groups excluding tert-OH is 2. The number of amides is 2. The molecular formula is C32H50N2O8S. The van der Waals surface area contributed by atoms with Gasteiger partial charge in [-0.05, 0) is 52.2 Å². The van der Waals surface area contributed by atoms with Gasteiger partial charge in [0.1, 0.15) is 23.6 Å². The maximum atomic E-state index is 12.6. The van der Waals surface area contributed by atoms with Crippen LogP contribution in [0.1, 0.15) is 66.2 Å². The second kappa shape index (κ2) is 16.9. The summed E-state index contributed by atoms with van der Waals surface area (Å²) in [5.41, 5.74) is 0.353. The van der Waals surface area contributed by atoms with Crippen LogP contribution >= 0.6 is 11.8 Å². The molecule has 0 aromatic carbocycles. The largest absolute Gasteiger partial charge is 0.389 e. The summed E-state index contributed by atoms with van der Waals surface area (Å²) in [4.78, 5) is 36.3. The number of ether oxygens (including phenoxy) is 3. The smallest absolute Gasteiger partial charge is 0.244 e. The Hall–Kier alpha value is -2.02. The molecule has 10 nitrogen and oxygen atoms in total. The van der Waals surface area contributed by atoms with Crippen molar-refractivity contribution in [2.45, 2.75) is 114 Å². The SMILES string of the molecule is CSCC(=O)NCCCC(=O)C[C@@H]1C[C@@]2(CO2)[C@H](O)[C@@H](/C=C/C(C)=C/C[C@@H]2O[C@H](C)[C@H](NC(=O)/C=C\[C@H](C)O)C[C@@H]2C)O1. The first-order chi connectivity index (χ1) is 20.4. The number of epoxide rings is 1. The lowest BCUT2D eigenvalue weighted by Gasteiger charge is -2.39. The Kier molecular flexibility index (Phi) is 13.9. The molecule has 9 atom stereocenters. The highest BCUT2D eigenvalue weighted by molar-refractivity contribution is 7.99. The minimum atomic E-state index is -0.806. The molecule has 3 fully saturated rings. The first kappa shape index (κ1) is 35.5. The van der Waals surface area contributed by atoms with Crippen molar-refractivity contribution >= 4 is 29.4 Å². The van der Waals surface area contributed by atoms with Gasteiger partial charge in [-0.25, -0.2) is 0 Å². The zero-order chi connectivity index (χ0) is 31.6. The van der Waals surface area contributed by atoms with Gasteiger partial charge in [0.15, 0.2) is 0 Å². The number of thioether (sulfide) groups is 1. The van der Waals surface area contributed by atoms with E-state index in [1.165, 1.54) is 23.9 Å². The minimum absolute atomic E-state index is 0.00779. The Morgan fingerprint density at radius 3 is 2.60 bits per heavy atom. The van der Waals surface area contributed by atoms with Crippen LogP contribution in [0, 0.1) is 5.92 Å². The predicted molar refractivity (Wildman–Crippen MR) is 167 cm³/mol. The van der Waals surface area contributed by atoms with E-state index in [4.69, 9.17) is 14.2 Å². The van der Waals surface area contributed by atoms with Crippen molar-refractivity contribution < 1.29 is 38.8 Å². The quantitative estimate of drug-likeness (QED) is 0.0937. The van der Waals surface area contributed by atoms with Crippen molar-refractivity contribution in [1.82, 2.24) is 10.6 Å². The number of carbonyl (C=O) groups is 3. The number of rotatable bonds is 15. The summed E-state index contributed by atoms with van der Waals surface area (Å²) in [5.74, 6) is 0.456. The van der Waals surface area contributed by atoms with E-state index in [9.17, 15) is 24.6 Å². The van der Waals surface area contributed by atoms with E-state index in [0.29, 0.717) is 44.6 Å². The fourth-order valence-corrected chi connectivity index (χ4v) is 6.01. The number of hydrogen-bond acceptors (Lipinski definition) is 9. The van der Waals surface area contributed by atoms with Gasteiger partial charge in [-0.1, -0.05) is 36.8 Å². The molecule has 43 heavy (non-hydrogen) atoms. The van der Waals surface area contributed by atoms with Crippen molar-refractivity contribution in [2.24, 2.45) is 5.92 Å². The summed E-state index contributed by atoms with van der Waals surface area (Å²) in [7, 11) is 0. The number of Topliss-reactive ketones (excluding diaryl/α,β-unsaturated/α-hetero) is 1. The second-order valence-corrected chi connectivity index (χ2v) is 13.1. The molecule has 0 aromatic rings. The first-order valence-corrected chi connectivity index (χ1v) is 16.7. The van der Waals surface area contributed by atoms with Gasteiger partial charge in [0.05, 0.1) is 42.8 Å². The average molecular weight is 623 g/mol. The van der Waals surface area contributed by atoms with Crippen LogP contribution in [0.3, 0.4) is 0 Å². The van der Waals surface area contributed by atoms with Crippen LogP contribution in [0.4, 0.5) is 0 Å². The highest BCUT2D eigenvalue weighted by atomic mass is 32.2. The van der Waals surface area contributed by atoms with Crippen LogP contribution in [0.2, 0.25) is 0 Å². The van der Waals surface area contributed by atoms with Crippen LogP contribution < -0.4 is 10.6 Å². The maximum Gasteiger partial charge on any atom is 0.244 e. The average Bonchev–Trinajstić information content (AvgIpc) is 3.72. The van der Waals surface area contributed by atoms with Crippen molar-refractivity contribution in [3.63, 3.8) is 0 Å². The summed E-state index contributed by atoms with van der Waals surface area (Å²) >= 11 is 1.46. The molecule has 11 heteroatoms. The summed E-state index contributed by atoms with van der Waals surface area (Å²) in [6.45, 7) is 8.59. The lowest BCUT2D eigenvalue weighted by molar-refractivity contribution is -0.144. The molecule has 1 spiro atoms. The van der Waals surface area contributed by atoms with Gasteiger partial charge in [0.25, 0.3) is 0 Å². The molecule has 0 saturated carbocycles. The molecule has 4 N–H and O–H groups in total. The fourth-order valence-electron chi connectivity index (χ4n) is 5.64. The molecule has 3 rings (SSSR count). The normalized spacial score (nSPS) is 33.6. The molecule has 3 aliphatic rings. The number of nitrogens with one attached hydrogen (secondary N) is 2. The Labute approximate surface area is 260 Å². The number of aliphatic hydroxyl groups is 2. The Balaban J connectivity index is 1.47. The maximum absolute atomic E-state index is 12.6. The van der Waals surface area contributed by atoms with Crippen molar-refractivity contribution in [3.05, 3.63) is 36.0 Å². The molecule has 3 aliphatic heterocycles. The lowest BCUT2D eigenvalue weighted by atomic mass is 9.86. The molecular weight excluding hydrogens is 572 g/mol. The van der Waals surface area contributed by atoms with Crippen molar-refractivity contribution in [3.8, 4) is 0 Å². The summed E-state index contributed by atoms with van der Waals surface area (Å²) < 4.78 is 18.1. The highest BCUT2D eigenvalue weighted by Crippen LogP contribution is 2.43. The third-order valence-corrected chi connectivity index (χ3v) is 8.82. The van der Waals surface area contributed by atoms with E-state index in [1.54, 1.807) is 6.92 Å². The topological polar surface area (TPSA) is 147 Å². The molecule has 0 radical (unpaired) electrons.